The van der Waals surface area contributed by atoms with Gasteiger partial charge in [-0.3, -0.25) is 0 Å². The molecule has 0 radical (unpaired) electrons. The summed E-state index contributed by atoms with van der Waals surface area (Å²) < 4.78 is 6.16. The highest BCUT2D eigenvalue weighted by Gasteiger charge is 2.21. The second-order valence-electron chi connectivity index (χ2n) is 8.33. The highest BCUT2D eigenvalue weighted by Crippen LogP contribution is 2.18. The van der Waals surface area contributed by atoms with Crippen molar-refractivity contribution in [3.05, 3.63) is 29.8 Å². The molecule has 0 saturated heterocycles. The molecular formula is C24H44NO2+. The minimum Gasteiger partial charge on any atom is -0.497 e. The molecule has 1 rings (SSSR count). The number of hydrogen-bond acceptors (Lipinski definition) is 2. The van der Waals surface area contributed by atoms with Crippen LogP contribution in [-0.2, 0) is 6.54 Å². The summed E-state index contributed by atoms with van der Waals surface area (Å²) in [6.07, 6.45) is 15.1. The zero-order valence-corrected chi connectivity index (χ0v) is 18.2. The Balaban J connectivity index is 2.19. The number of aliphatic hydroxyl groups excluding tert-OH is 1. The van der Waals surface area contributed by atoms with Crippen LogP contribution in [-0.4, -0.2) is 43.4 Å². The number of aliphatic hydroxyl groups is 1. The van der Waals surface area contributed by atoms with Crippen LogP contribution in [0.25, 0.3) is 0 Å². The number of nitrogens with zero attached hydrogens (tertiary/aromatic N) is 1. The molecule has 0 aromatic heterocycles. The van der Waals surface area contributed by atoms with Gasteiger partial charge >= 0.3 is 0 Å². The number of rotatable bonds is 17. The summed E-state index contributed by atoms with van der Waals surface area (Å²) in [5.74, 6) is 0.903. The normalized spacial score (nSPS) is 13.5. The number of benzene rings is 1. The molecule has 1 N–H and O–H groups in total. The first-order valence-electron chi connectivity index (χ1n) is 11.2. The Morgan fingerprint density at radius 3 is 1.78 bits per heavy atom. The van der Waals surface area contributed by atoms with Gasteiger partial charge in [0, 0.05) is 5.56 Å². The van der Waals surface area contributed by atoms with E-state index < -0.39 is 0 Å². The zero-order valence-electron chi connectivity index (χ0n) is 18.2. The fraction of sp³-hybridized carbons (Fsp3) is 0.750. The summed E-state index contributed by atoms with van der Waals surface area (Å²) >= 11 is 0. The fourth-order valence-electron chi connectivity index (χ4n) is 3.84. The van der Waals surface area contributed by atoms with Crippen LogP contribution in [0.2, 0.25) is 0 Å². The van der Waals surface area contributed by atoms with Gasteiger partial charge in [0.05, 0.1) is 27.3 Å². The quantitative estimate of drug-likeness (QED) is 0.268. The van der Waals surface area contributed by atoms with Crippen LogP contribution in [0.3, 0.4) is 0 Å². The van der Waals surface area contributed by atoms with Crippen LogP contribution in [0.4, 0.5) is 0 Å². The lowest BCUT2D eigenvalue weighted by molar-refractivity contribution is -0.923. The van der Waals surface area contributed by atoms with Gasteiger partial charge in [0.1, 0.15) is 18.8 Å². The maximum Gasteiger partial charge on any atom is 0.118 e. The molecule has 1 aromatic carbocycles. The van der Waals surface area contributed by atoms with Gasteiger partial charge in [-0.05, 0) is 37.1 Å². The highest BCUT2D eigenvalue weighted by atomic mass is 16.5. The van der Waals surface area contributed by atoms with Gasteiger partial charge in [-0.15, -0.1) is 0 Å². The zero-order chi connectivity index (χ0) is 19.8. The van der Waals surface area contributed by atoms with Crippen LogP contribution in [0.1, 0.15) is 83.1 Å². The van der Waals surface area contributed by atoms with E-state index in [2.05, 4.69) is 26.1 Å². The molecule has 0 aliphatic rings. The Morgan fingerprint density at radius 1 is 0.778 bits per heavy atom. The minimum atomic E-state index is 0.255. The molecule has 0 amide bonds. The molecule has 1 aromatic rings. The van der Waals surface area contributed by atoms with Gasteiger partial charge in [0.2, 0.25) is 0 Å². The second kappa shape index (κ2) is 14.9. The summed E-state index contributed by atoms with van der Waals surface area (Å²) in [7, 11) is 3.98. The van der Waals surface area contributed by atoms with E-state index in [1.54, 1.807) is 7.11 Å². The maximum atomic E-state index is 9.50. The van der Waals surface area contributed by atoms with E-state index >= 15 is 0 Å². The number of hydrogen-bond donors (Lipinski definition) is 1. The number of likely N-dealkylation sites (N-methyl/N-ethyl adjacent to an activating group) is 1. The lowest BCUT2D eigenvalue weighted by Crippen LogP contribution is -2.46. The van der Waals surface area contributed by atoms with Gasteiger partial charge in [0.15, 0.2) is 0 Å². The molecule has 0 heterocycles. The average Bonchev–Trinajstić information content (AvgIpc) is 2.67. The largest absolute Gasteiger partial charge is 0.497 e. The third-order valence-corrected chi connectivity index (χ3v) is 5.66. The summed E-state index contributed by atoms with van der Waals surface area (Å²) in [6, 6.07) is 8.35. The molecular weight excluding hydrogens is 334 g/mol. The lowest BCUT2D eigenvalue weighted by Gasteiger charge is -2.34. The van der Waals surface area contributed by atoms with E-state index in [4.69, 9.17) is 4.74 Å². The molecule has 27 heavy (non-hydrogen) atoms. The molecule has 1 atom stereocenters. The number of quaternary nitrogens is 1. The molecule has 1 unspecified atom stereocenters. The van der Waals surface area contributed by atoms with Crippen molar-refractivity contribution in [3.8, 4) is 5.75 Å². The molecule has 0 spiro atoms. The topological polar surface area (TPSA) is 29.5 Å². The van der Waals surface area contributed by atoms with Crippen molar-refractivity contribution in [2.24, 2.45) is 0 Å². The summed E-state index contributed by atoms with van der Waals surface area (Å²) in [4.78, 5) is 0. The first-order valence-corrected chi connectivity index (χ1v) is 11.2. The number of unbranched alkanes of at least 4 members (excludes halogenated alkanes) is 10. The standard InChI is InChI=1S/C24H44NO2/c1-4-5-6-7-8-9-10-11-12-13-14-19-25(2,20-21-26)22-23-15-17-24(27-3)18-16-23/h15-18,26H,4-14,19-22H2,1-3H3/q+1. The minimum absolute atomic E-state index is 0.255. The Hall–Kier alpha value is -1.06. The molecule has 156 valence electrons. The van der Waals surface area contributed by atoms with Crippen molar-refractivity contribution in [3.63, 3.8) is 0 Å². The van der Waals surface area contributed by atoms with Gasteiger partial charge in [-0.1, -0.05) is 64.7 Å². The monoisotopic (exact) mass is 378 g/mol. The van der Waals surface area contributed by atoms with E-state index in [1.165, 1.54) is 76.2 Å². The number of ether oxygens (including phenoxy) is 1. The number of methoxy groups -OCH3 is 1. The molecule has 0 aliphatic carbocycles. The third kappa shape index (κ3) is 11.4. The van der Waals surface area contributed by atoms with E-state index in [-0.39, 0.29) is 6.61 Å². The molecule has 0 saturated carbocycles. The molecule has 3 heteroatoms. The van der Waals surface area contributed by atoms with Crippen LogP contribution >= 0.6 is 0 Å². The fourth-order valence-corrected chi connectivity index (χ4v) is 3.84. The van der Waals surface area contributed by atoms with Crippen LogP contribution in [0.5, 0.6) is 5.75 Å². The van der Waals surface area contributed by atoms with Crippen LogP contribution in [0, 0.1) is 0 Å². The van der Waals surface area contributed by atoms with Gasteiger partial charge in [-0.2, -0.15) is 0 Å². The maximum absolute atomic E-state index is 9.50. The van der Waals surface area contributed by atoms with Crippen molar-refractivity contribution >= 4 is 0 Å². The highest BCUT2D eigenvalue weighted by molar-refractivity contribution is 5.26. The van der Waals surface area contributed by atoms with Crippen LogP contribution in [0.15, 0.2) is 24.3 Å². The first kappa shape index (κ1) is 24.0. The van der Waals surface area contributed by atoms with Gasteiger partial charge in [-0.25, -0.2) is 0 Å². The van der Waals surface area contributed by atoms with Gasteiger partial charge in [0.25, 0.3) is 0 Å². The Kier molecular flexibility index (Phi) is 13.3. The van der Waals surface area contributed by atoms with Crippen LogP contribution < -0.4 is 4.74 Å². The van der Waals surface area contributed by atoms with Crippen molar-refractivity contribution in [1.82, 2.24) is 0 Å². The average molecular weight is 379 g/mol. The summed E-state index contributed by atoms with van der Waals surface area (Å²) in [5.41, 5.74) is 1.31. The van der Waals surface area contributed by atoms with E-state index in [1.807, 2.05) is 12.1 Å². The van der Waals surface area contributed by atoms with Gasteiger partial charge < -0.3 is 14.3 Å². The third-order valence-electron chi connectivity index (χ3n) is 5.66. The summed E-state index contributed by atoms with van der Waals surface area (Å²) in [5, 5.41) is 9.50. The van der Waals surface area contributed by atoms with Crippen molar-refractivity contribution in [1.29, 1.82) is 0 Å². The van der Waals surface area contributed by atoms with E-state index in [0.717, 1.165) is 29.9 Å². The Labute approximate surface area is 168 Å². The smallest absolute Gasteiger partial charge is 0.118 e. The lowest BCUT2D eigenvalue weighted by atomic mass is 10.1. The SMILES string of the molecule is CCCCCCCCCCCCC[N+](C)(CCO)Cc1ccc(OC)cc1. The van der Waals surface area contributed by atoms with Crippen molar-refractivity contribution in [2.75, 3.05) is 33.9 Å². The van der Waals surface area contributed by atoms with Crippen molar-refractivity contribution < 1.29 is 14.3 Å². The molecule has 3 nitrogen and oxygen atoms in total. The predicted octanol–water partition coefficient (Wildman–Crippen LogP) is 5.95. The summed E-state index contributed by atoms with van der Waals surface area (Å²) in [6.45, 7) is 5.47. The second-order valence-corrected chi connectivity index (χ2v) is 8.33. The van der Waals surface area contributed by atoms with Crippen molar-refractivity contribution in [2.45, 2.75) is 84.1 Å². The molecule has 0 bridgehead atoms. The Bertz CT molecular complexity index is 460. The first-order chi connectivity index (χ1) is 13.1. The predicted molar refractivity (Wildman–Crippen MR) is 116 cm³/mol. The molecule has 0 fully saturated rings. The Morgan fingerprint density at radius 2 is 1.30 bits per heavy atom. The van der Waals surface area contributed by atoms with E-state index in [0.29, 0.717) is 0 Å². The molecule has 0 aliphatic heterocycles. The van der Waals surface area contributed by atoms with E-state index in [9.17, 15) is 5.11 Å².